The topological polar surface area (TPSA) is 58.4 Å². The maximum atomic E-state index is 12.2. The van der Waals surface area contributed by atoms with Crippen molar-refractivity contribution in [1.82, 2.24) is 4.90 Å². The Morgan fingerprint density at radius 2 is 1.48 bits per heavy atom. The summed E-state index contributed by atoms with van der Waals surface area (Å²) in [5, 5.41) is 2.96. The van der Waals surface area contributed by atoms with Gasteiger partial charge in [-0.25, -0.2) is 0 Å². The third-order valence-electron chi connectivity index (χ3n) is 4.69. The first-order valence-corrected chi connectivity index (χ1v) is 9.14. The molecule has 0 unspecified atom stereocenters. The van der Waals surface area contributed by atoms with E-state index in [2.05, 4.69) is 22.3 Å². The third-order valence-corrected chi connectivity index (χ3v) is 4.69. The van der Waals surface area contributed by atoms with E-state index in [0.29, 0.717) is 12.1 Å². The molecule has 0 spiro atoms. The van der Waals surface area contributed by atoms with Gasteiger partial charge in [0.1, 0.15) is 0 Å². The minimum Gasteiger partial charge on any atom is -0.399 e. The number of carbonyl (C=O) groups excluding carboxylic acids is 1. The molecule has 132 valence electrons. The molecule has 0 atom stereocenters. The van der Waals surface area contributed by atoms with Crippen molar-refractivity contribution in [3.8, 4) is 0 Å². The zero-order valence-electron chi connectivity index (χ0n) is 14.7. The highest BCUT2D eigenvalue weighted by molar-refractivity contribution is 5.92. The first-order chi connectivity index (χ1) is 12.2. The van der Waals surface area contributed by atoms with Crippen molar-refractivity contribution in [2.24, 2.45) is 0 Å². The van der Waals surface area contributed by atoms with Crippen LogP contribution in [0.1, 0.15) is 36.8 Å². The van der Waals surface area contributed by atoms with Crippen LogP contribution in [0.2, 0.25) is 0 Å². The molecule has 4 nitrogen and oxygen atoms in total. The Balaban J connectivity index is 1.51. The van der Waals surface area contributed by atoms with Gasteiger partial charge in [-0.3, -0.25) is 9.69 Å². The fourth-order valence-corrected chi connectivity index (χ4v) is 3.27. The summed E-state index contributed by atoms with van der Waals surface area (Å²) in [6, 6.07) is 15.6. The summed E-state index contributed by atoms with van der Waals surface area (Å²) in [4.78, 5) is 14.7. The summed E-state index contributed by atoms with van der Waals surface area (Å²) in [5.41, 5.74) is 9.49. The molecule has 1 heterocycles. The van der Waals surface area contributed by atoms with E-state index in [0.717, 1.165) is 17.8 Å². The summed E-state index contributed by atoms with van der Waals surface area (Å²) >= 11 is 0. The van der Waals surface area contributed by atoms with E-state index in [1.165, 1.54) is 44.3 Å². The van der Waals surface area contributed by atoms with E-state index in [-0.39, 0.29) is 5.91 Å². The summed E-state index contributed by atoms with van der Waals surface area (Å²) in [6.45, 7) is 3.39. The molecule has 25 heavy (non-hydrogen) atoms. The Hall–Kier alpha value is -2.33. The lowest BCUT2D eigenvalue weighted by Crippen LogP contribution is -2.23. The number of benzene rings is 2. The quantitative estimate of drug-likeness (QED) is 0.815. The second-order valence-corrected chi connectivity index (χ2v) is 6.85. The number of anilines is 2. The molecule has 0 aromatic heterocycles. The molecule has 2 aromatic carbocycles. The number of likely N-dealkylation sites (tertiary alicyclic amines) is 1. The molecular weight excluding hydrogens is 310 g/mol. The second-order valence-electron chi connectivity index (χ2n) is 6.85. The van der Waals surface area contributed by atoms with Crippen LogP contribution < -0.4 is 11.1 Å². The monoisotopic (exact) mass is 337 g/mol. The van der Waals surface area contributed by atoms with Crippen LogP contribution in [-0.4, -0.2) is 23.9 Å². The van der Waals surface area contributed by atoms with Crippen LogP contribution in [0.3, 0.4) is 0 Å². The predicted octanol–water partition coefficient (Wildman–Crippen LogP) is 3.83. The average Bonchev–Trinajstić information content (AvgIpc) is 2.87. The van der Waals surface area contributed by atoms with Gasteiger partial charge in [0.25, 0.3) is 0 Å². The van der Waals surface area contributed by atoms with Gasteiger partial charge in [0.15, 0.2) is 0 Å². The predicted molar refractivity (Wildman–Crippen MR) is 103 cm³/mol. The lowest BCUT2D eigenvalue weighted by Gasteiger charge is -2.19. The Labute approximate surface area is 150 Å². The van der Waals surface area contributed by atoms with E-state index in [1.54, 1.807) is 0 Å². The van der Waals surface area contributed by atoms with Crippen molar-refractivity contribution in [2.75, 3.05) is 24.1 Å². The minimum absolute atomic E-state index is 0.00922. The molecule has 1 aliphatic rings. The van der Waals surface area contributed by atoms with E-state index < -0.39 is 0 Å². The number of hydrogen-bond acceptors (Lipinski definition) is 3. The maximum absolute atomic E-state index is 12.2. The average molecular weight is 337 g/mol. The first kappa shape index (κ1) is 17.5. The van der Waals surface area contributed by atoms with E-state index in [9.17, 15) is 4.79 Å². The van der Waals surface area contributed by atoms with Gasteiger partial charge in [0.2, 0.25) is 5.91 Å². The number of nitrogens with one attached hydrogen (secondary N) is 1. The smallest absolute Gasteiger partial charge is 0.228 e. The minimum atomic E-state index is -0.00922. The van der Waals surface area contributed by atoms with Crippen LogP contribution in [0.25, 0.3) is 0 Å². The number of amides is 1. The number of nitrogens with two attached hydrogens (primary N) is 1. The van der Waals surface area contributed by atoms with Gasteiger partial charge >= 0.3 is 0 Å². The third kappa shape index (κ3) is 5.61. The number of nitrogens with zero attached hydrogens (tertiary/aromatic N) is 1. The van der Waals surface area contributed by atoms with Gasteiger partial charge < -0.3 is 11.1 Å². The number of rotatable bonds is 5. The van der Waals surface area contributed by atoms with Gasteiger partial charge in [0, 0.05) is 17.9 Å². The Kier molecular flexibility index (Phi) is 6.07. The van der Waals surface area contributed by atoms with Crippen LogP contribution >= 0.6 is 0 Å². The van der Waals surface area contributed by atoms with Crippen LogP contribution in [-0.2, 0) is 17.8 Å². The van der Waals surface area contributed by atoms with Crippen LogP contribution in [0.15, 0.2) is 48.5 Å². The SMILES string of the molecule is Nc1ccc(CC(=O)Nc2ccc(CN3CCCCCC3)cc2)cc1. The Morgan fingerprint density at radius 1 is 0.880 bits per heavy atom. The number of carbonyl (C=O) groups is 1. The molecule has 1 aliphatic heterocycles. The van der Waals surface area contributed by atoms with Crippen LogP contribution in [0.4, 0.5) is 11.4 Å². The molecule has 1 amide bonds. The van der Waals surface area contributed by atoms with Crippen molar-refractivity contribution in [3.63, 3.8) is 0 Å². The lowest BCUT2D eigenvalue weighted by atomic mass is 10.1. The standard InChI is InChI=1S/C21H27N3O/c22-19-9-5-17(6-10-19)15-21(25)23-20-11-7-18(8-12-20)16-24-13-3-1-2-4-14-24/h5-12H,1-4,13-16,22H2,(H,23,25). The molecule has 3 N–H and O–H groups in total. The summed E-state index contributed by atoms with van der Waals surface area (Å²) in [6.07, 6.45) is 5.68. The molecule has 0 radical (unpaired) electrons. The zero-order chi connectivity index (χ0) is 17.5. The largest absolute Gasteiger partial charge is 0.399 e. The molecule has 0 saturated carbocycles. The van der Waals surface area contributed by atoms with Crippen molar-refractivity contribution in [2.45, 2.75) is 38.6 Å². The summed E-state index contributed by atoms with van der Waals surface area (Å²) in [5.74, 6) is -0.00922. The molecule has 1 fully saturated rings. The van der Waals surface area contributed by atoms with Gasteiger partial charge in [-0.2, -0.15) is 0 Å². The maximum Gasteiger partial charge on any atom is 0.228 e. The summed E-state index contributed by atoms with van der Waals surface area (Å²) < 4.78 is 0. The van der Waals surface area contributed by atoms with Crippen LogP contribution in [0, 0.1) is 0 Å². The van der Waals surface area contributed by atoms with Gasteiger partial charge in [0.05, 0.1) is 6.42 Å². The normalized spacial score (nSPS) is 15.5. The van der Waals surface area contributed by atoms with E-state index >= 15 is 0 Å². The molecular formula is C21H27N3O. The van der Waals surface area contributed by atoms with Crippen molar-refractivity contribution < 1.29 is 4.79 Å². The number of hydrogen-bond donors (Lipinski definition) is 2. The highest BCUT2D eigenvalue weighted by Crippen LogP contribution is 2.16. The molecule has 2 aromatic rings. The lowest BCUT2D eigenvalue weighted by molar-refractivity contribution is -0.115. The van der Waals surface area contributed by atoms with E-state index in [1.807, 2.05) is 36.4 Å². The molecule has 3 rings (SSSR count). The fraction of sp³-hybridized carbons (Fsp3) is 0.381. The molecule has 4 heteroatoms. The highest BCUT2D eigenvalue weighted by Gasteiger charge is 2.10. The Bertz CT molecular complexity index is 671. The second kappa shape index (κ2) is 8.67. The molecule has 0 bridgehead atoms. The van der Waals surface area contributed by atoms with E-state index in [4.69, 9.17) is 5.73 Å². The zero-order valence-corrected chi connectivity index (χ0v) is 14.7. The van der Waals surface area contributed by atoms with Crippen molar-refractivity contribution >= 4 is 17.3 Å². The fourth-order valence-electron chi connectivity index (χ4n) is 3.27. The van der Waals surface area contributed by atoms with Crippen molar-refractivity contribution in [3.05, 3.63) is 59.7 Å². The van der Waals surface area contributed by atoms with Gasteiger partial charge in [-0.1, -0.05) is 37.1 Å². The highest BCUT2D eigenvalue weighted by atomic mass is 16.1. The van der Waals surface area contributed by atoms with Crippen molar-refractivity contribution in [1.29, 1.82) is 0 Å². The number of nitrogen functional groups attached to an aromatic ring is 1. The molecule has 0 aliphatic carbocycles. The summed E-state index contributed by atoms with van der Waals surface area (Å²) in [7, 11) is 0. The Morgan fingerprint density at radius 3 is 2.12 bits per heavy atom. The van der Waals surface area contributed by atoms with Crippen LogP contribution in [0.5, 0.6) is 0 Å². The van der Waals surface area contributed by atoms with Gasteiger partial charge in [-0.15, -0.1) is 0 Å². The van der Waals surface area contributed by atoms with Gasteiger partial charge in [-0.05, 0) is 61.3 Å². The molecule has 1 saturated heterocycles. The first-order valence-electron chi connectivity index (χ1n) is 9.14.